The molecule has 7 nitrogen and oxygen atoms in total. The molecule has 2 aliphatic heterocycles. The van der Waals surface area contributed by atoms with Gasteiger partial charge in [0.15, 0.2) is 0 Å². The monoisotopic (exact) mass is 398 g/mol. The van der Waals surface area contributed by atoms with Crippen LogP contribution in [0.5, 0.6) is 0 Å². The summed E-state index contributed by atoms with van der Waals surface area (Å²) >= 11 is 0. The summed E-state index contributed by atoms with van der Waals surface area (Å²) in [7, 11) is 0. The highest BCUT2D eigenvalue weighted by Gasteiger charge is 2.27. The molecule has 29 heavy (non-hydrogen) atoms. The van der Waals surface area contributed by atoms with Gasteiger partial charge in [0.1, 0.15) is 6.23 Å². The fraction of sp³-hybridized carbons (Fsp3) is 0.636. The van der Waals surface area contributed by atoms with E-state index in [1.807, 2.05) is 23.9 Å². The fourth-order valence-corrected chi connectivity index (χ4v) is 4.42. The van der Waals surface area contributed by atoms with Gasteiger partial charge < -0.3 is 5.11 Å². The summed E-state index contributed by atoms with van der Waals surface area (Å²) in [5.41, 5.74) is 5.75. The van der Waals surface area contributed by atoms with Crippen LogP contribution in [0.25, 0.3) is 5.69 Å². The van der Waals surface area contributed by atoms with Gasteiger partial charge >= 0.3 is 0 Å². The molecular formula is C22H34N6O. The number of nitrogens with zero attached hydrogens (tertiary/aromatic N) is 6. The lowest BCUT2D eigenvalue weighted by Gasteiger charge is -2.40. The smallest absolute Gasteiger partial charge is 0.120 e. The molecule has 1 unspecified atom stereocenters. The Kier molecular flexibility index (Phi) is 6.01. The molecule has 1 atom stereocenters. The van der Waals surface area contributed by atoms with Crippen molar-refractivity contribution in [3.63, 3.8) is 0 Å². The van der Waals surface area contributed by atoms with Crippen LogP contribution >= 0.6 is 0 Å². The Labute approximate surface area is 173 Å². The second-order valence-electron chi connectivity index (χ2n) is 8.72. The number of hydrogen-bond donors (Lipinski definition) is 1. The SMILES string of the molecule is Cc1nccc(-n2cc3c(n2)CCN(CC(O)N2CCN(C(C)C)CC2)C3)c1C. The van der Waals surface area contributed by atoms with E-state index in [0.717, 1.165) is 57.1 Å². The number of pyridine rings is 1. The van der Waals surface area contributed by atoms with Crippen molar-refractivity contribution >= 4 is 0 Å². The van der Waals surface area contributed by atoms with Gasteiger partial charge in [-0.05, 0) is 39.3 Å². The van der Waals surface area contributed by atoms with Crippen molar-refractivity contribution in [1.82, 2.24) is 29.5 Å². The standard InChI is InChI=1S/C22H34N6O/c1-16(2)26-9-11-27(12-10-26)22(29)15-25-8-6-20-19(13-25)14-28(24-20)21-5-7-23-18(4)17(21)3/h5,7,14,16,22,29H,6,8-13,15H2,1-4H3. The van der Waals surface area contributed by atoms with E-state index in [4.69, 9.17) is 5.10 Å². The normalized spacial score (nSPS) is 20.2. The molecule has 2 aliphatic rings. The molecule has 0 aliphatic carbocycles. The number of piperazine rings is 1. The maximum absolute atomic E-state index is 10.8. The lowest BCUT2D eigenvalue weighted by molar-refractivity contribution is -0.0493. The van der Waals surface area contributed by atoms with Crippen LogP contribution in [-0.4, -0.2) is 86.1 Å². The van der Waals surface area contributed by atoms with Crippen molar-refractivity contribution in [3.8, 4) is 5.69 Å². The van der Waals surface area contributed by atoms with E-state index >= 15 is 0 Å². The van der Waals surface area contributed by atoms with Crippen molar-refractivity contribution in [2.24, 2.45) is 0 Å². The Morgan fingerprint density at radius 3 is 2.52 bits per heavy atom. The predicted molar refractivity (Wildman–Crippen MR) is 114 cm³/mol. The first-order chi connectivity index (χ1) is 13.9. The van der Waals surface area contributed by atoms with Crippen LogP contribution in [0.4, 0.5) is 0 Å². The van der Waals surface area contributed by atoms with Gasteiger partial charge in [0.2, 0.25) is 0 Å². The molecule has 4 rings (SSSR count). The molecule has 158 valence electrons. The molecule has 4 heterocycles. The zero-order chi connectivity index (χ0) is 20.5. The van der Waals surface area contributed by atoms with Gasteiger partial charge in [-0.25, -0.2) is 4.68 Å². The first-order valence-corrected chi connectivity index (χ1v) is 10.8. The third kappa shape index (κ3) is 4.38. The van der Waals surface area contributed by atoms with Crippen LogP contribution in [0.2, 0.25) is 0 Å². The van der Waals surface area contributed by atoms with E-state index < -0.39 is 6.23 Å². The zero-order valence-electron chi connectivity index (χ0n) is 18.2. The number of aliphatic hydroxyl groups excluding tert-OH is 1. The Balaban J connectivity index is 1.38. The van der Waals surface area contributed by atoms with Crippen LogP contribution in [0, 0.1) is 13.8 Å². The Morgan fingerprint density at radius 2 is 1.79 bits per heavy atom. The molecule has 1 fully saturated rings. The minimum Gasteiger partial charge on any atom is -0.377 e. The lowest BCUT2D eigenvalue weighted by atomic mass is 10.1. The van der Waals surface area contributed by atoms with Crippen molar-refractivity contribution in [2.75, 3.05) is 39.3 Å². The lowest BCUT2D eigenvalue weighted by Crippen LogP contribution is -2.54. The maximum atomic E-state index is 10.8. The number of aliphatic hydroxyl groups is 1. The molecule has 7 heteroatoms. The molecule has 0 bridgehead atoms. The number of aryl methyl sites for hydroxylation is 1. The largest absolute Gasteiger partial charge is 0.377 e. The van der Waals surface area contributed by atoms with E-state index in [2.05, 4.69) is 46.7 Å². The van der Waals surface area contributed by atoms with Crippen LogP contribution in [-0.2, 0) is 13.0 Å². The number of hydrogen-bond acceptors (Lipinski definition) is 6. The van der Waals surface area contributed by atoms with Crippen LogP contribution in [0.3, 0.4) is 0 Å². The van der Waals surface area contributed by atoms with Crippen LogP contribution < -0.4 is 0 Å². The number of fused-ring (bicyclic) bond motifs is 1. The van der Waals surface area contributed by atoms with Gasteiger partial charge in [-0.2, -0.15) is 5.10 Å². The van der Waals surface area contributed by atoms with Crippen LogP contribution in [0.1, 0.15) is 36.4 Å². The number of aromatic nitrogens is 3. The topological polar surface area (TPSA) is 60.7 Å². The van der Waals surface area contributed by atoms with Gasteiger partial charge in [-0.1, -0.05) is 0 Å². The molecule has 0 radical (unpaired) electrons. The molecule has 0 saturated carbocycles. The van der Waals surface area contributed by atoms with Gasteiger partial charge in [-0.15, -0.1) is 0 Å². The molecule has 1 saturated heterocycles. The highest BCUT2D eigenvalue weighted by Crippen LogP contribution is 2.22. The Hall–Kier alpha value is -1.80. The first kappa shape index (κ1) is 20.5. The fourth-order valence-electron chi connectivity index (χ4n) is 4.42. The summed E-state index contributed by atoms with van der Waals surface area (Å²) in [4.78, 5) is 11.4. The minimum absolute atomic E-state index is 0.397. The second-order valence-corrected chi connectivity index (χ2v) is 8.72. The molecule has 2 aromatic heterocycles. The molecule has 0 aromatic carbocycles. The van der Waals surface area contributed by atoms with Crippen molar-refractivity contribution in [2.45, 2.75) is 52.9 Å². The molecule has 1 N–H and O–H groups in total. The van der Waals surface area contributed by atoms with Gasteiger partial charge in [0.25, 0.3) is 0 Å². The molecule has 2 aromatic rings. The van der Waals surface area contributed by atoms with Crippen LogP contribution in [0.15, 0.2) is 18.5 Å². The van der Waals surface area contributed by atoms with Crippen molar-refractivity contribution in [3.05, 3.63) is 41.0 Å². The third-order valence-corrected chi connectivity index (χ3v) is 6.53. The first-order valence-electron chi connectivity index (χ1n) is 10.8. The molecular weight excluding hydrogens is 364 g/mol. The average molecular weight is 399 g/mol. The Bertz CT molecular complexity index is 840. The van der Waals surface area contributed by atoms with Crippen molar-refractivity contribution in [1.29, 1.82) is 0 Å². The van der Waals surface area contributed by atoms with E-state index in [-0.39, 0.29) is 0 Å². The van der Waals surface area contributed by atoms with E-state index in [0.29, 0.717) is 12.6 Å². The average Bonchev–Trinajstić information content (AvgIpc) is 3.13. The quantitative estimate of drug-likeness (QED) is 0.825. The highest BCUT2D eigenvalue weighted by atomic mass is 16.3. The van der Waals surface area contributed by atoms with E-state index in [1.165, 1.54) is 16.8 Å². The van der Waals surface area contributed by atoms with E-state index in [1.54, 1.807) is 0 Å². The van der Waals surface area contributed by atoms with Gasteiger partial charge in [0, 0.05) is 81.9 Å². The number of rotatable bonds is 5. The van der Waals surface area contributed by atoms with Gasteiger partial charge in [0.05, 0.1) is 11.4 Å². The van der Waals surface area contributed by atoms with Crippen molar-refractivity contribution < 1.29 is 5.11 Å². The summed E-state index contributed by atoms with van der Waals surface area (Å²) in [5.74, 6) is 0. The summed E-state index contributed by atoms with van der Waals surface area (Å²) in [6.07, 6.45) is 4.53. The van der Waals surface area contributed by atoms with E-state index in [9.17, 15) is 5.11 Å². The maximum Gasteiger partial charge on any atom is 0.120 e. The molecule has 0 amide bonds. The third-order valence-electron chi connectivity index (χ3n) is 6.53. The second kappa shape index (κ2) is 8.52. The summed E-state index contributed by atoms with van der Waals surface area (Å²) in [6.45, 7) is 15.1. The Morgan fingerprint density at radius 1 is 1.07 bits per heavy atom. The minimum atomic E-state index is -0.397. The highest BCUT2D eigenvalue weighted by molar-refractivity contribution is 5.42. The number of β-amino-alcohol motifs (C(OH)–C–C–N with tert-alkyl or cyclic N) is 1. The zero-order valence-corrected chi connectivity index (χ0v) is 18.2. The molecule has 0 spiro atoms. The summed E-state index contributed by atoms with van der Waals surface area (Å²) in [6, 6.07) is 2.61. The predicted octanol–water partition coefficient (Wildman–Crippen LogP) is 1.59. The van der Waals surface area contributed by atoms with Gasteiger partial charge in [-0.3, -0.25) is 19.7 Å². The summed E-state index contributed by atoms with van der Waals surface area (Å²) < 4.78 is 2.00. The summed E-state index contributed by atoms with van der Waals surface area (Å²) in [5, 5.41) is 15.6.